The van der Waals surface area contributed by atoms with Crippen molar-refractivity contribution in [2.45, 2.75) is 0 Å². The second-order valence-electron chi connectivity index (χ2n) is 6.50. The molecule has 1 aromatic heterocycles. The summed E-state index contributed by atoms with van der Waals surface area (Å²) in [5.41, 5.74) is 2.41. The van der Waals surface area contributed by atoms with Crippen molar-refractivity contribution >= 4 is 28.7 Å². The molecular weight excluding hydrogens is 402 g/mol. The van der Waals surface area contributed by atoms with Gasteiger partial charge in [-0.3, -0.25) is 15.1 Å². The first-order valence-corrected chi connectivity index (χ1v) is 9.13. The minimum atomic E-state index is -0.569. The second-order valence-corrected chi connectivity index (χ2v) is 6.50. The molecule has 0 radical (unpaired) electrons. The number of phenolic OH excluding ortho intramolecular Hbond substituents is 1. The van der Waals surface area contributed by atoms with Crippen LogP contribution in [0.1, 0.15) is 5.56 Å². The summed E-state index contributed by atoms with van der Waals surface area (Å²) in [6.07, 6.45) is 1.33. The zero-order valence-electron chi connectivity index (χ0n) is 16.6. The van der Waals surface area contributed by atoms with Crippen LogP contribution in [0.4, 0.5) is 11.4 Å². The van der Waals surface area contributed by atoms with Crippen molar-refractivity contribution < 1.29 is 23.9 Å². The van der Waals surface area contributed by atoms with E-state index < -0.39 is 4.92 Å². The zero-order valence-corrected chi connectivity index (χ0v) is 16.6. The average Bonchev–Trinajstić information content (AvgIpc) is 3.21. The maximum absolute atomic E-state index is 11.1. The van der Waals surface area contributed by atoms with Crippen molar-refractivity contribution in [1.29, 1.82) is 0 Å². The molecule has 9 nitrogen and oxygen atoms in total. The standard InChI is InChI=1S/C22H17N3O6/c1-29-17-5-3-4-13(9-17)22-24-18-10-15(6-7-19(18)31-22)23-12-14-8-16(25(27)28)11-20(30-2)21(14)26/h3-12,26H,1-2H3. The molecule has 9 heteroatoms. The van der Waals surface area contributed by atoms with Gasteiger partial charge in [0, 0.05) is 23.4 Å². The van der Waals surface area contributed by atoms with E-state index >= 15 is 0 Å². The Bertz CT molecular complexity index is 1310. The van der Waals surface area contributed by atoms with Crippen molar-refractivity contribution in [2.24, 2.45) is 4.99 Å². The van der Waals surface area contributed by atoms with Crippen molar-refractivity contribution in [1.82, 2.24) is 4.98 Å². The van der Waals surface area contributed by atoms with Crippen molar-refractivity contribution in [2.75, 3.05) is 14.2 Å². The number of hydrogen-bond donors (Lipinski definition) is 1. The predicted molar refractivity (Wildman–Crippen MR) is 115 cm³/mol. The highest BCUT2D eigenvalue weighted by Crippen LogP contribution is 2.34. The molecular formula is C22H17N3O6. The summed E-state index contributed by atoms with van der Waals surface area (Å²) >= 11 is 0. The highest BCUT2D eigenvalue weighted by molar-refractivity contribution is 5.89. The van der Waals surface area contributed by atoms with Crippen LogP contribution < -0.4 is 9.47 Å². The number of rotatable bonds is 6. The average molecular weight is 419 g/mol. The zero-order chi connectivity index (χ0) is 22.0. The molecule has 0 bridgehead atoms. The molecule has 0 aliphatic rings. The van der Waals surface area contributed by atoms with Gasteiger partial charge in [0.2, 0.25) is 5.89 Å². The molecule has 0 aliphatic heterocycles. The number of nitrogens with zero attached hydrogens (tertiary/aromatic N) is 3. The Hall–Kier alpha value is -4.40. The number of aromatic hydroxyl groups is 1. The van der Waals surface area contributed by atoms with E-state index in [1.807, 2.05) is 24.3 Å². The summed E-state index contributed by atoms with van der Waals surface area (Å²) in [7, 11) is 2.91. The van der Waals surface area contributed by atoms with Gasteiger partial charge < -0.3 is 19.0 Å². The number of fused-ring (bicyclic) bond motifs is 1. The van der Waals surface area contributed by atoms with E-state index in [1.54, 1.807) is 25.3 Å². The lowest BCUT2D eigenvalue weighted by Gasteiger charge is -2.05. The quantitative estimate of drug-likeness (QED) is 0.269. The summed E-state index contributed by atoms with van der Waals surface area (Å²) in [4.78, 5) is 19.4. The lowest BCUT2D eigenvalue weighted by atomic mass is 10.1. The summed E-state index contributed by atoms with van der Waals surface area (Å²) in [5, 5.41) is 21.4. The van der Waals surface area contributed by atoms with Crippen LogP contribution in [0.3, 0.4) is 0 Å². The first kappa shape index (κ1) is 19.9. The smallest absolute Gasteiger partial charge is 0.274 e. The van der Waals surface area contributed by atoms with E-state index in [4.69, 9.17) is 13.9 Å². The van der Waals surface area contributed by atoms with E-state index in [0.29, 0.717) is 28.4 Å². The number of oxazole rings is 1. The van der Waals surface area contributed by atoms with Crippen LogP contribution in [-0.2, 0) is 0 Å². The van der Waals surface area contributed by atoms with E-state index in [1.165, 1.54) is 19.4 Å². The normalized spacial score (nSPS) is 11.2. The molecule has 0 spiro atoms. The van der Waals surface area contributed by atoms with Gasteiger partial charge in [-0.2, -0.15) is 0 Å². The Morgan fingerprint density at radius 2 is 1.97 bits per heavy atom. The van der Waals surface area contributed by atoms with Gasteiger partial charge in [-0.05, 0) is 36.4 Å². The molecule has 3 aromatic carbocycles. The van der Waals surface area contributed by atoms with Crippen LogP contribution >= 0.6 is 0 Å². The van der Waals surface area contributed by atoms with Gasteiger partial charge in [0.1, 0.15) is 11.3 Å². The fourth-order valence-electron chi connectivity index (χ4n) is 2.99. The molecule has 0 aliphatic carbocycles. The first-order chi connectivity index (χ1) is 15.0. The maximum Gasteiger partial charge on any atom is 0.274 e. The lowest BCUT2D eigenvalue weighted by Crippen LogP contribution is -1.94. The van der Waals surface area contributed by atoms with Gasteiger partial charge in [0.25, 0.3) is 5.69 Å². The number of phenols is 1. The van der Waals surface area contributed by atoms with E-state index in [-0.39, 0.29) is 22.7 Å². The molecule has 0 atom stereocenters. The number of nitro benzene ring substituents is 1. The number of benzene rings is 3. The summed E-state index contributed by atoms with van der Waals surface area (Å²) < 4.78 is 16.0. The van der Waals surface area contributed by atoms with E-state index in [0.717, 1.165) is 11.6 Å². The first-order valence-electron chi connectivity index (χ1n) is 9.13. The van der Waals surface area contributed by atoms with Crippen molar-refractivity contribution in [3.63, 3.8) is 0 Å². The molecule has 0 saturated carbocycles. The summed E-state index contributed by atoms with van der Waals surface area (Å²) in [6.45, 7) is 0. The molecule has 1 heterocycles. The number of non-ortho nitro benzene ring substituents is 1. The van der Waals surface area contributed by atoms with E-state index in [9.17, 15) is 15.2 Å². The number of ether oxygens (including phenoxy) is 2. The third-order valence-electron chi connectivity index (χ3n) is 4.56. The van der Waals surface area contributed by atoms with Crippen LogP contribution in [0.2, 0.25) is 0 Å². The number of aliphatic imine (C=N–C) groups is 1. The van der Waals surface area contributed by atoms with Gasteiger partial charge in [-0.15, -0.1) is 0 Å². The Labute approximate surface area is 176 Å². The minimum absolute atomic E-state index is 0.00876. The van der Waals surface area contributed by atoms with Gasteiger partial charge in [0.05, 0.1) is 30.9 Å². The monoisotopic (exact) mass is 419 g/mol. The number of nitro groups is 1. The number of methoxy groups -OCH3 is 2. The molecule has 0 unspecified atom stereocenters. The third-order valence-corrected chi connectivity index (χ3v) is 4.56. The molecule has 4 rings (SSSR count). The molecule has 156 valence electrons. The van der Waals surface area contributed by atoms with Crippen LogP contribution in [0.25, 0.3) is 22.6 Å². The molecule has 0 amide bonds. The van der Waals surface area contributed by atoms with Crippen LogP contribution in [-0.4, -0.2) is 35.4 Å². The number of aromatic nitrogens is 1. The predicted octanol–water partition coefficient (Wildman–Crippen LogP) is 4.88. The highest BCUT2D eigenvalue weighted by atomic mass is 16.6. The van der Waals surface area contributed by atoms with Crippen molar-refractivity contribution in [3.8, 4) is 28.7 Å². The van der Waals surface area contributed by atoms with Gasteiger partial charge in [-0.1, -0.05) is 6.07 Å². The molecule has 0 fully saturated rings. The molecule has 0 saturated heterocycles. The van der Waals surface area contributed by atoms with Gasteiger partial charge >= 0.3 is 0 Å². The lowest BCUT2D eigenvalue weighted by molar-refractivity contribution is -0.385. The fourth-order valence-corrected chi connectivity index (χ4v) is 2.99. The van der Waals surface area contributed by atoms with Crippen LogP contribution in [0.15, 0.2) is 64.0 Å². The van der Waals surface area contributed by atoms with Crippen LogP contribution in [0.5, 0.6) is 17.2 Å². The molecule has 31 heavy (non-hydrogen) atoms. The second kappa shape index (κ2) is 8.15. The molecule has 4 aromatic rings. The van der Waals surface area contributed by atoms with Crippen molar-refractivity contribution in [3.05, 3.63) is 70.3 Å². The fraction of sp³-hybridized carbons (Fsp3) is 0.0909. The van der Waals surface area contributed by atoms with Crippen LogP contribution in [0, 0.1) is 10.1 Å². The topological polar surface area (TPSA) is 120 Å². The highest BCUT2D eigenvalue weighted by Gasteiger charge is 2.16. The summed E-state index contributed by atoms with van der Waals surface area (Å²) in [6, 6.07) is 14.9. The van der Waals surface area contributed by atoms with Gasteiger partial charge in [-0.25, -0.2) is 4.98 Å². The maximum atomic E-state index is 11.1. The Balaban J connectivity index is 1.67. The van der Waals surface area contributed by atoms with E-state index in [2.05, 4.69) is 9.98 Å². The summed E-state index contributed by atoms with van der Waals surface area (Å²) in [5.74, 6) is 0.888. The Morgan fingerprint density at radius 1 is 1.13 bits per heavy atom. The SMILES string of the molecule is COc1cccc(-c2nc3cc(N=Cc4cc([N+](=O)[O-])cc(OC)c4O)ccc3o2)c1. The molecule has 1 N–H and O–H groups in total. The van der Waals surface area contributed by atoms with Gasteiger partial charge in [0.15, 0.2) is 17.1 Å². The minimum Gasteiger partial charge on any atom is -0.504 e. The largest absolute Gasteiger partial charge is 0.504 e. The Kier molecular flexibility index (Phi) is 5.23. The third kappa shape index (κ3) is 4.01. The number of hydrogen-bond acceptors (Lipinski definition) is 8. The Morgan fingerprint density at radius 3 is 2.71 bits per heavy atom.